The first-order valence-corrected chi connectivity index (χ1v) is 5.64. The molecular weight excluding hydrogens is 190 g/mol. The van der Waals surface area contributed by atoms with Crippen molar-refractivity contribution >= 4 is 5.97 Å². The molecular formula is C12H23NO2. The Morgan fingerprint density at radius 3 is 2.40 bits per heavy atom. The van der Waals surface area contributed by atoms with Crippen molar-refractivity contribution in [3.63, 3.8) is 0 Å². The largest absolute Gasteiger partial charge is 0.469 e. The summed E-state index contributed by atoms with van der Waals surface area (Å²) < 4.78 is 4.76. The monoisotopic (exact) mass is 213 g/mol. The highest BCUT2D eigenvalue weighted by Gasteiger charge is 2.46. The SMILES string of the molecule is COC(=O)CC1(C(C)N)CCC(C)(C)C1. The van der Waals surface area contributed by atoms with Gasteiger partial charge in [0, 0.05) is 6.04 Å². The molecule has 0 aromatic rings. The smallest absolute Gasteiger partial charge is 0.306 e. The van der Waals surface area contributed by atoms with E-state index >= 15 is 0 Å². The molecule has 0 spiro atoms. The van der Waals surface area contributed by atoms with Gasteiger partial charge in [0.2, 0.25) is 0 Å². The summed E-state index contributed by atoms with van der Waals surface area (Å²) in [6.45, 7) is 6.49. The normalized spacial score (nSPS) is 31.3. The van der Waals surface area contributed by atoms with Gasteiger partial charge in [0.15, 0.2) is 0 Å². The molecule has 2 atom stereocenters. The van der Waals surface area contributed by atoms with E-state index < -0.39 is 0 Å². The molecule has 1 rings (SSSR count). The number of rotatable bonds is 3. The van der Waals surface area contributed by atoms with Crippen LogP contribution in [0.2, 0.25) is 0 Å². The van der Waals surface area contributed by atoms with E-state index in [1.54, 1.807) is 0 Å². The first kappa shape index (κ1) is 12.5. The number of esters is 1. The molecule has 1 aliphatic carbocycles. The van der Waals surface area contributed by atoms with Crippen molar-refractivity contribution in [1.29, 1.82) is 0 Å². The summed E-state index contributed by atoms with van der Waals surface area (Å²) in [5, 5.41) is 0. The summed E-state index contributed by atoms with van der Waals surface area (Å²) in [7, 11) is 1.44. The van der Waals surface area contributed by atoms with E-state index in [-0.39, 0.29) is 17.4 Å². The lowest BCUT2D eigenvalue weighted by Gasteiger charge is -2.33. The van der Waals surface area contributed by atoms with E-state index in [1.807, 2.05) is 6.92 Å². The summed E-state index contributed by atoms with van der Waals surface area (Å²) in [6.07, 6.45) is 3.66. The van der Waals surface area contributed by atoms with E-state index in [9.17, 15) is 4.79 Å². The lowest BCUT2D eigenvalue weighted by Crippen LogP contribution is -2.40. The highest BCUT2D eigenvalue weighted by molar-refractivity contribution is 5.70. The molecule has 0 aliphatic heterocycles. The van der Waals surface area contributed by atoms with E-state index in [2.05, 4.69) is 13.8 Å². The molecule has 1 saturated carbocycles. The van der Waals surface area contributed by atoms with Crippen LogP contribution in [-0.2, 0) is 9.53 Å². The van der Waals surface area contributed by atoms with Crippen molar-refractivity contribution < 1.29 is 9.53 Å². The number of carbonyl (C=O) groups is 1. The van der Waals surface area contributed by atoms with E-state index in [4.69, 9.17) is 10.5 Å². The molecule has 0 aromatic carbocycles. The van der Waals surface area contributed by atoms with Crippen molar-refractivity contribution in [3.8, 4) is 0 Å². The van der Waals surface area contributed by atoms with E-state index in [1.165, 1.54) is 7.11 Å². The molecule has 3 heteroatoms. The number of nitrogens with two attached hydrogens (primary N) is 1. The summed E-state index contributed by atoms with van der Waals surface area (Å²) in [5.41, 5.74) is 6.31. The number of hydrogen-bond donors (Lipinski definition) is 1. The van der Waals surface area contributed by atoms with Crippen LogP contribution in [0.25, 0.3) is 0 Å². The van der Waals surface area contributed by atoms with Gasteiger partial charge in [-0.15, -0.1) is 0 Å². The predicted molar refractivity (Wildman–Crippen MR) is 60.3 cm³/mol. The Kier molecular flexibility index (Phi) is 3.44. The zero-order valence-corrected chi connectivity index (χ0v) is 10.3. The van der Waals surface area contributed by atoms with Gasteiger partial charge in [0.1, 0.15) is 0 Å². The summed E-state index contributed by atoms with van der Waals surface area (Å²) in [5.74, 6) is -0.134. The summed E-state index contributed by atoms with van der Waals surface area (Å²) in [6, 6.07) is 0.0541. The zero-order valence-electron chi connectivity index (χ0n) is 10.3. The third-order valence-corrected chi connectivity index (χ3v) is 3.82. The average Bonchev–Trinajstić information content (AvgIpc) is 2.43. The van der Waals surface area contributed by atoms with Crippen LogP contribution in [0, 0.1) is 10.8 Å². The van der Waals surface area contributed by atoms with Gasteiger partial charge in [-0.25, -0.2) is 0 Å². The maximum Gasteiger partial charge on any atom is 0.306 e. The Labute approximate surface area is 92.4 Å². The maximum atomic E-state index is 11.4. The van der Waals surface area contributed by atoms with Crippen molar-refractivity contribution in [3.05, 3.63) is 0 Å². The molecule has 2 unspecified atom stereocenters. The molecule has 0 amide bonds. The van der Waals surface area contributed by atoms with Gasteiger partial charge in [-0.2, -0.15) is 0 Å². The van der Waals surface area contributed by atoms with Gasteiger partial charge >= 0.3 is 5.97 Å². The third-order valence-electron chi connectivity index (χ3n) is 3.82. The standard InChI is InChI=1S/C12H23NO2/c1-9(13)12(7-10(14)15-4)6-5-11(2,3)8-12/h9H,5-8,13H2,1-4H3. The Morgan fingerprint density at radius 2 is 2.07 bits per heavy atom. The van der Waals surface area contributed by atoms with Crippen LogP contribution in [0.5, 0.6) is 0 Å². The fraction of sp³-hybridized carbons (Fsp3) is 0.917. The Morgan fingerprint density at radius 1 is 1.47 bits per heavy atom. The second-order valence-electron chi connectivity index (χ2n) is 5.74. The number of methoxy groups -OCH3 is 1. The van der Waals surface area contributed by atoms with Gasteiger partial charge in [0.05, 0.1) is 13.5 Å². The number of carbonyl (C=O) groups excluding carboxylic acids is 1. The molecule has 2 N–H and O–H groups in total. The van der Waals surface area contributed by atoms with Gasteiger partial charge in [-0.1, -0.05) is 13.8 Å². The summed E-state index contributed by atoms with van der Waals surface area (Å²) >= 11 is 0. The fourth-order valence-corrected chi connectivity index (χ4v) is 2.78. The van der Waals surface area contributed by atoms with Crippen LogP contribution >= 0.6 is 0 Å². The van der Waals surface area contributed by atoms with Crippen LogP contribution in [-0.4, -0.2) is 19.1 Å². The van der Waals surface area contributed by atoms with Crippen molar-refractivity contribution in [2.45, 2.75) is 52.5 Å². The average molecular weight is 213 g/mol. The summed E-state index contributed by atoms with van der Waals surface area (Å²) in [4.78, 5) is 11.4. The van der Waals surface area contributed by atoms with Gasteiger partial charge in [0.25, 0.3) is 0 Å². The van der Waals surface area contributed by atoms with Crippen molar-refractivity contribution in [1.82, 2.24) is 0 Å². The number of ether oxygens (including phenoxy) is 1. The molecule has 0 saturated heterocycles. The Balaban J connectivity index is 2.78. The van der Waals surface area contributed by atoms with E-state index in [0.717, 1.165) is 19.3 Å². The van der Waals surface area contributed by atoms with Crippen LogP contribution in [0.1, 0.15) is 46.5 Å². The molecule has 0 bridgehead atoms. The molecule has 0 aromatic heterocycles. The molecule has 0 radical (unpaired) electrons. The molecule has 88 valence electrons. The minimum absolute atomic E-state index is 0.0450. The maximum absolute atomic E-state index is 11.4. The second kappa shape index (κ2) is 4.12. The zero-order chi connectivity index (χ0) is 11.7. The van der Waals surface area contributed by atoms with E-state index in [0.29, 0.717) is 11.8 Å². The van der Waals surface area contributed by atoms with Crippen LogP contribution in [0.15, 0.2) is 0 Å². The number of hydrogen-bond acceptors (Lipinski definition) is 3. The lowest BCUT2D eigenvalue weighted by molar-refractivity contribution is -0.143. The molecule has 1 fully saturated rings. The second-order valence-corrected chi connectivity index (χ2v) is 5.74. The van der Waals surface area contributed by atoms with Gasteiger partial charge in [-0.3, -0.25) is 4.79 Å². The van der Waals surface area contributed by atoms with Crippen molar-refractivity contribution in [2.24, 2.45) is 16.6 Å². The topological polar surface area (TPSA) is 52.3 Å². The highest BCUT2D eigenvalue weighted by Crippen LogP contribution is 2.52. The fourth-order valence-electron chi connectivity index (χ4n) is 2.78. The lowest BCUT2D eigenvalue weighted by atomic mass is 9.74. The highest BCUT2D eigenvalue weighted by atomic mass is 16.5. The third kappa shape index (κ3) is 2.71. The van der Waals surface area contributed by atoms with Gasteiger partial charge < -0.3 is 10.5 Å². The Hall–Kier alpha value is -0.570. The van der Waals surface area contributed by atoms with Crippen molar-refractivity contribution in [2.75, 3.05) is 7.11 Å². The first-order valence-electron chi connectivity index (χ1n) is 5.64. The minimum Gasteiger partial charge on any atom is -0.469 e. The first-order chi connectivity index (χ1) is 6.81. The molecule has 1 aliphatic rings. The predicted octanol–water partition coefficient (Wildman–Crippen LogP) is 2.09. The van der Waals surface area contributed by atoms with Crippen LogP contribution < -0.4 is 5.73 Å². The van der Waals surface area contributed by atoms with Gasteiger partial charge in [-0.05, 0) is 37.0 Å². The molecule has 3 nitrogen and oxygen atoms in total. The molecule has 0 heterocycles. The molecule has 15 heavy (non-hydrogen) atoms. The van der Waals surface area contributed by atoms with Crippen LogP contribution in [0.4, 0.5) is 0 Å². The van der Waals surface area contributed by atoms with Crippen LogP contribution in [0.3, 0.4) is 0 Å². The quantitative estimate of drug-likeness (QED) is 0.730. The minimum atomic E-state index is -0.134. The Bertz CT molecular complexity index is 248.